The summed E-state index contributed by atoms with van der Waals surface area (Å²) < 4.78 is 26.7. The van der Waals surface area contributed by atoms with Crippen LogP contribution in [0.4, 0.5) is 8.78 Å². The highest BCUT2D eigenvalue weighted by Gasteiger charge is 2.46. The van der Waals surface area contributed by atoms with Gasteiger partial charge in [-0.3, -0.25) is 9.69 Å². The van der Waals surface area contributed by atoms with Crippen molar-refractivity contribution >= 4 is 5.78 Å². The normalized spacial score (nSPS) is 22.3. The van der Waals surface area contributed by atoms with Crippen molar-refractivity contribution in [3.05, 3.63) is 35.4 Å². The molecule has 1 saturated heterocycles. The highest BCUT2D eigenvalue weighted by Crippen LogP contribution is 2.40. The molecule has 0 spiro atoms. The zero-order valence-electron chi connectivity index (χ0n) is 11.5. The molecule has 1 aromatic carbocycles. The molecular formula is C16H19F2NO. The molecule has 0 amide bonds. The Hall–Kier alpha value is -1.29. The number of Topliss-reactive ketones (excluding diaryl/α,β-unsaturated/α-hetero) is 1. The molecular weight excluding hydrogens is 260 g/mol. The molecule has 2 fully saturated rings. The maximum atomic E-state index is 13.4. The first kappa shape index (κ1) is 13.7. The molecule has 1 aromatic rings. The number of carbonyl (C=O) groups excluding carboxylic acids is 1. The van der Waals surface area contributed by atoms with E-state index < -0.39 is 17.2 Å². The topological polar surface area (TPSA) is 20.3 Å². The van der Waals surface area contributed by atoms with Crippen LogP contribution in [0.25, 0.3) is 0 Å². The van der Waals surface area contributed by atoms with Gasteiger partial charge < -0.3 is 0 Å². The minimum absolute atomic E-state index is 0.102. The van der Waals surface area contributed by atoms with Gasteiger partial charge in [0.15, 0.2) is 5.78 Å². The van der Waals surface area contributed by atoms with Crippen LogP contribution in [0.2, 0.25) is 0 Å². The molecule has 2 aliphatic rings. The Kier molecular flexibility index (Phi) is 3.59. The molecule has 0 aromatic heterocycles. The molecule has 0 bridgehead atoms. The zero-order valence-corrected chi connectivity index (χ0v) is 11.5. The van der Waals surface area contributed by atoms with E-state index in [0.717, 1.165) is 57.7 Å². The Morgan fingerprint density at radius 1 is 0.950 bits per heavy atom. The summed E-state index contributed by atoms with van der Waals surface area (Å²) in [6, 6.07) is 3.15. The van der Waals surface area contributed by atoms with E-state index >= 15 is 0 Å². The summed E-state index contributed by atoms with van der Waals surface area (Å²) in [6.07, 6.45) is 5.85. The van der Waals surface area contributed by atoms with Gasteiger partial charge in [-0.25, -0.2) is 8.78 Å². The number of rotatable bonds is 3. The highest BCUT2D eigenvalue weighted by molar-refractivity contribution is 6.03. The lowest BCUT2D eigenvalue weighted by molar-refractivity contribution is 0.0625. The Morgan fingerprint density at radius 2 is 1.50 bits per heavy atom. The van der Waals surface area contributed by atoms with Crippen LogP contribution in [-0.2, 0) is 0 Å². The van der Waals surface area contributed by atoms with Crippen molar-refractivity contribution in [3.8, 4) is 0 Å². The van der Waals surface area contributed by atoms with Gasteiger partial charge in [0.2, 0.25) is 0 Å². The van der Waals surface area contributed by atoms with Crippen molar-refractivity contribution in [3.63, 3.8) is 0 Å². The van der Waals surface area contributed by atoms with E-state index in [1.165, 1.54) is 12.1 Å². The van der Waals surface area contributed by atoms with E-state index in [2.05, 4.69) is 4.90 Å². The standard InChI is InChI=1S/C16H19F2NO/c17-13-9-12(10-14(18)11-13)15(20)16(5-1-2-6-16)19-7-3-4-8-19/h9-11H,1-8H2. The smallest absolute Gasteiger partial charge is 0.183 e. The number of benzene rings is 1. The summed E-state index contributed by atoms with van der Waals surface area (Å²) in [7, 11) is 0. The molecule has 1 saturated carbocycles. The molecule has 1 aliphatic carbocycles. The molecule has 0 unspecified atom stereocenters. The molecule has 0 N–H and O–H groups in total. The third-order valence-electron chi connectivity index (χ3n) is 4.69. The van der Waals surface area contributed by atoms with E-state index in [4.69, 9.17) is 0 Å². The predicted octanol–water partition coefficient (Wildman–Crippen LogP) is 3.56. The first-order chi connectivity index (χ1) is 9.62. The minimum atomic E-state index is -0.678. The summed E-state index contributed by atoms with van der Waals surface area (Å²) in [5.41, 5.74) is -0.340. The fourth-order valence-electron chi connectivity index (χ4n) is 3.75. The van der Waals surface area contributed by atoms with Gasteiger partial charge in [-0.05, 0) is 50.9 Å². The van der Waals surface area contributed by atoms with Gasteiger partial charge in [-0.1, -0.05) is 12.8 Å². The van der Waals surface area contributed by atoms with Crippen LogP contribution in [0.1, 0.15) is 48.9 Å². The molecule has 4 heteroatoms. The largest absolute Gasteiger partial charge is 0.292 e. The van der Waals surface area contributed by atoms with Crippen molar-refractivity contribution in [1.29, 1.82) is 0 Å². The average Bonchev–Trinajstić information content (AvgIpc) is 3.08. The number of carbonyl (C=O) groups is 1. The lowest BCUT2D eigenvalue weighted by atomic mass is 9.86. The van der Waals surface area contributed by atoms with E-state index in [1.54, 1.807) is 0 Å². The maximum absolute atomic E-state index is 13.4. The molecule has 1 aliphatic heterocycles. The second-order valence-electron chi connectivity index (χ2n) is 5.92. The summed E-state index contributed by atoms with van der Waals surface area (Å²) in [4.78, 5) is 15.1. The molecule has 0 radical (unpaired) electrons. The Bertz CT molecular complexity index is 497. The van der Waals surface area contributed by atoms with Gasteiger partial charge in [0.05, 0.1) is 5.54 Å². The van der Waals surface area contributed by atoms with E-state index in [1.807, 2.05) is 0 Å². The lowest BCUT2D eigenvalue weighted by Gasteiger charge is -2.37. The second kappa shape index (κ2) is 5.24. The van der Waals surface area contributed by atoms with Gasteiger partial charge in [0.25, 0.3) is 0 Å². The van der Waals surface area contributed by atoms with Crippen molar-refractivity contribution < 1.29 is 13.6 Å². The first-order valence-electron chi connectivity index (χ1n) is 7.38. The third kappa shape index (κ3) is 2.26. The zero-order chi connectivity index (χ0) is 14.2. The van der Waals surface area contributed by atoms with Crippen molar-refractivity contribution in [2.45, 2.75) is 44.1 Å². The summed E-state index contributed by atoms with van der Waals surface area (Å²) in [5, 5.41) is 0. The Labute approximate surface area is 117 Å². The van der Waals surface area contributed by atoms with Crippen LogP contribution >= 0.6 is 0 Å². The molecule has 2 nitrogen and oxygen atoms in total. The first-order valence-corrected chi connectivity index (χ1v) is 7.38. The van der Waals surface area contributed by atoms with Crippen molar-refractivity contribution in [2.24, 2.45) is 0 Å². The number of hydrogen-bond acceptors (Lipinski definition) is 2. The van der Waals surface area contributed by atoms with Crippen LogP contribution in [0.5, 0.6) is 0 Å². The summed E-state index contributed by atoms with van der Waals surface area (Å²) >= 11 is 0. The van der Waals surface area contributed by atoms with Crippen molar-refractivity contribution in [1.82, 2.24) is 4.90 Å². The lowest BCUT2D eigenvalue weighted by Crippen LogP contribution is -2.51. The fourth-order valence-corrected chi connectivity index (χ4v) is 3.75. The van der Waals surface area contributed by atoms with Crippen LogP contribution in [0.15, 0.2) is 18.2 Å². The third-order valence-corrected chi connectivity index (χ3v) is 4.69. The molecule has 108 valence electrons. The second-order valence-corrected chi connectivity index (χ2v) is 5.92. The minimum Gasteiger partial charge on any atom is -0.292 e. The van der Waals surface area contributed by atoms with Gasteiger partial charge in [-0.15, -0.1) is 0 Å². The Balaban J connectivity index is 1.96. The van der Waals surface area contributed by atoms with E-state index in [0.29, 0.717) is 0 Å². The molecule has 0 atom stereocenters. The summed E-state index contributed by atoms with van der Waals surface area (Å²) in [6.45, 7) is 1.84. The highest BCUT2D eigenvalue weighted by atomic mass is 19.1. The van der Waals surface area contributed by atoms with Gasteiger partial charge in [0, 0.05) is 11.6 Å². The van der Waals surface area contributed by atoms with Gasteiger partial charge in [-0.2, -0.15) is 0 Å². The van der Waals surface area contributed by atoms with E-state index in [-0.39, 0.29) is 11.3 Å². The number of ketones is 1. The number of hydrogen-bond donors (Lipinski definition) is 0. The van der Waals surface area contributed by atoms with Crippen LogP contribution in [0, 0.1) is 11.6 Å². The molecule has 3 rings (SSSR count). The molecule has 20 heavy (non-hydrogen) atoms. The van der Waals surface area contributed by atoms with Crippen LogP contribution in [0.3, 0.4) is 0 Å². The Morgan fingerprint density at radius 3 is 2.05 bits per heavy atom. The van der Waals surface area contributed by atoms with E-state index in [9.17, 15) is 13.6 Å². The average molecular weight is 279 g/mol. The number of nitrogens with zero attached hydrogens (tertiary/aromatic N) is 1. The van der Waals surface area contributed by atoms with Crippen LogP contribution in [-0.4, -0.2) is 29.3 Å². The van der Waals surface area contributed by atoms with Crippen LogP contribution < -0.4 is 0 Å². The fraction of sp³-hybridized carbons (Fsp3) is 0.562. The number of halogens is 2. The van der Waals surface area contributed by atoms with Gasteiger partial charge >= 0.3 is 0 Å². The predicted molar refractivity (Wildman–Crippen MR) is 72.7 cm³/mol. The van der Waals surface area contributed by atoms with Crippen molar-refractivity contribution in [2.75, 3.05) is 13.1 Å². The molecule has 1 heterocycles. The maximum Gasteiger partial charge on any atom is 0.183 e. The quantitative estimate of drug-likeness (QED) is 0.789. The summed E-state index contributed by atoms with van der Waals surface area (Å²) in [5.74, 6) is -1.46. The number of likely N-dealkylation sites (tertiary alicyclic amines) is 1. The monoisotopic (exact) mass is 279 g/mol. The SMILES string of the molecule is O=C(c1cc(F)cc(F)c1)C1(N2CCCC2)CCCC1. The van der Waals surface area contributed by atoms with Gasteiger partial charge in [0.1, 0.15) is 11.6 Å².